The predicted molar refractivity (Wildman–Crippen MR) is 96.9 cm³/mol. The summed E-state index contributed by atoms with van der Waals surface area (Å²) in [6.07, 6.45) is 1.99. The number of nitrogens with two attached hydrogens (primary N) is 1. The van der Waals surface area contributed by atoms with Crippen molar-refractivity contribution in [2.45, 2.75) is 39.7 Å². The summed E-state index contributed by atoms with van der Waals surface area (Å²) < 4.78 is 0. The second-order valence-electron chi connectivity index (χ2n) is 6.69. The molecule has 3 atom stereocenters. The highest BCUT2D eigenvalue weighted by atomic mass is 35.5. The lowest BCUT2D eigenvalue weighted by Crippen LogP contribution is -2.46. The Bertz CT molecular complexity index is 549. The van der Waals surface area contributed by atoms with E-state index in [-0.39, 0.29) is 11.8 Å². The monoisotopic (exact) mass is 337 g/mol. The van der Waals surface area contributed by atoms with E-state index in [4.69, 9.17) is 17.3 Å². The zero-order valence-corrected chi connectivity index (χ0v) is 15.1. The number of rotatable bonds is 6. The molecule has 0 aliphatic carbocycles. The maximum Gasteiger partial charge on any atom is 0.237 e. The van der Waals surface area contributed by atoms with Crippen LogP contribution in [0.15, 0.2) is 18.2 Å². The van der Waals surface area contributed by atoms with Crippen LogP contribution in [0.3, 0.4) is 0 Å². The van der Waals surface area contributed by atoms with Gasteiger partial charge in [-0.1, -0.05) is 37.9 Å². The lowest BCUT2D eigenvalue weighted by molar-refractivity contribution is -0.123. The number of carbonyl (C=O) groups is 1. The fourth-order valence-electron chi connectivity index (χ4n) is 3.02. The molecule has 3 unspecified atom stereocenters. The van der Waals surface area contributed by atoms with Crippen molar-refractivity contribution in [1.82, 2.24) is 5.32 Å². The molecule has 0 aromatic heterocycles. The first-order chi connectivity index (χ1) is 10.9. The van der Waals surface area contributed by atoms with E-state index in [2.05, 4.69) is 30.1 Å². The molecule has 0 spiro atoms. The highest BCUT2D eigenvalue weighted by Crippen LogP contribution is 2.29. The van der Waals surface area contributed by atoms with Crippen LogP contribution in [-0.4, -0.2) is 31.6 Å². The second-order valence-corrected chi connectivity index (χ2v) is 7.12. The third-order valence-corrected chi connectivity index (χ3v) is 5.16. The van der Waals surface area contributed by atoms with Gasteiger partial charge in [-0.15, -0.1) is 0 Å². The highest BCUT2D eigenvalue weighted by Gasteiger charge is 2.26. The molecule has 1 aliphatic rings. The molecular weight excluding hydrogens is 310 g/mol. The first-order valence-corrected chi connectivity index (χ1v) is 8.84. The lowest BCUT2D eigenvalue weighted by atomic mass is 9.99. The second kappa shape index (κ2) is 8.02. The topological polar surface area (TPSA) is 58.4 Å². The Morgan fingerprint density at radius 2 is 2.26 bits per heavy atom. The number of carbonyl (C=O) groups excluding carboxylic acids is 1. The number of amides is 1. The number of hydrogen-bond donors (Lipinski definition) is 2. The number of halogens is 1. The minimum Gasteiger partial charge on any atom is -0.371 e. The Morgan fingerprint density at radius 1 is 1.52 bits per heavy atom. The number of benzene rings is 1. The van der Waals surface area contributed by atoms with E-state index in [9.17, 15) is 4.79 Å². The molecule has 1 saturated heterocycles. The van der Waals surface area contributed by atoms with E-state index in [1.165, 1.54) is 11.3 Å². The number of anilines is 1. The van der Waals surface area contributed by atoms with Crippen LogP contribution in [-0.2, 0) is 4.79 Å². The zero-order valence-electron chi connectivity index (χ0n) is 14.3. The van der Waals surface area contributed by atoms with Gasteiger partial charge in [0.1, 0.15) is 0 Å². The Morgan fingerprint density at radius 3 is 2.96 bits per heavy atom. The van der Waals surface area contributed by atoms with Crippen molar-refractivity contribution < 1.29 is 4.79 Å². The van der Waals surface area contributed by atoms with Crippen molar-refractivity contribution in [3.63, 3.8) is 0 Å². The SMILES string of the molecule is CCC(C)C(N)C(=O)NCC1CCN(c2cc(Cl)ccc2C)C1. The Balaban J connectivity index is 1.86. The zero-order chi connectivity index (χ0) is 17.0. The van der Waals surface area contributed by atoms with E-state index in [0.29, 0.717) is 12.5 Å². The summed E-state index contributed by atoms with van der Waals surface area (Å²) in [5.41, 5.74) is 8.40. The van der Waals surface area contributed by atoms with Crippen LogP contribution < -0.4 is 16.0 Å². The number of nitrogens with zero attached hydrogens (tertiary/aromatic N) is 1. The summed E-state index contributed by atoms with van der Waals surface area (Å²) in [7, 11) is 0. The summed E-state index contributed by atoms with van der Waals surface area (Å²) in [5.74, 6) is 0.641. The minimum absolute atomic E-state index is 0.0308. The van der Waals surface area contributed by atoms with Crippen molar-refractivity contribution in [2.75, 3.05) is 24.5 Å². The van der Waals surface area contributed by atoms with Crippen LogP contribution >= 0.6 is 11.6 Å². The van der Waals surface area contributed by atoms with Gasteiger partial charge >= 0.3 is 0 Å². The van der Waals surface area contributed by atoms with E-state index in [0.717, 1.165) is 31.0 Å². The Hall–Kier alpha value is -1.26. The molecule has 0 saturated carbocycles. The van der Waals surface area contributed by atoms with Gasteiger partial charge in [-0.25, -0.2) is 0 Å². The fourth-order valence-corrected chi connectivity index (χ4v) is 3.18. The smallest absolute Gasteiger partial charge is 0.237 e. The largest absolute Gasteiger partial charge is 0.371 e. The fraction of sp³-hybridized carbons (Fsp3) is 0.611. The molecule has 128 valence electrons. The number of nitrogens with one attached hydrogen (secondary N) is 1. The third kappa shape index (κ3) is 4.61. The van der Waals surface area contributed by atoms with E-state index >= 15 is 0 Å². The summed E-state index contributed by atoms with van der Waals surface area (Å²) >= 11 is 6.11. The molecular formula is C18H28ClN3O. The molecule has 5 heteroatoms. The molecule has 0 radical (unpaired) electrons. The molecule has 23 heavy (non-hydrogen) atoms. The van der Waals surface area contributed by atoms with Crippen LogP contribution in [0, 0.1) is 18.8 Å². The standard InChI is InChI=1S/C18H28ClN3O/c1-4-12(2)17(20)18(23)21-10-14-7-8-22(11-14)16-9-15(19)6-5-13(16)3/h5-6,9,12,14,17H,4,7-8,10-11,20H2,1-3H3,(H,21,23). The average Bonchev–Trinajstić information content (AvgIpc) is 3.02. The van der Waals surface area contributed by atoms with Crippen molar-refractivity contribution >= 4 is 23.2 Å². The average molecular weight is 338 g/mol. The van der Waals surface area contributed by atoms with Gasteiger partial charge in [0.15, 0.2) is 0 Å². The Kier molecular flexibility index (Phi) is 6.31. The quantitative estimate of drug-likeness (QED) is 0.839. The molecule has 1 amide bonds. The van der Waals surface area contributed by atoms with Gasteiger partial charge in [0, 0.05) is 30.3 Å². The van der Waals surface area contributed by atoms with Crippen LogP contribution in [0.5, 0.6) is 0 Å². The third-order valence-electron chi connectivity index (χ3n) is 4.92. The van der Waals surface area contributed by atoms with Crippen LogP contribution in [0.25, 0.3) is 0 Å². The van der Waals surface area contributed by atoms with Crippen LogP contribution in [0.2, 0.25) is 5.02 Å². The van der Waals surface area contributed by atoms with E-state index in [1.807, 2.05) is 19.1 Å². The highest BCUT2D eigenvalue weighted by molar-refractivity contribution is 6.30. The van der Waals surface area contributed by atoms with Gasteiger partial charge in [0.25, 0.3) is 0 Å². The molecule has 1 aliphatic heterocycles. The summed E-state index contributed by atoms with van der Waals surface area (Å²) in [5, 5.41) is 3.79. The van der Waals surface area contributed by atoms with Crippen molar-refractivity contribution in [3.05, 3.63) is 28.8 Å². The van der Waals surface area contributed by atoms with Gasteiger partial charge in [-0.2, -0.15) is 0 Å². The molecule has 2 rings (SSSR count). The predicted octanol–water partition coefficient (Wildman–Crippen LogP) is 2.96. The lowest BCUT2D eigenvalue weighted by Gasteiger charge is -2.22. The maximum absolute atomic E-state index is 12.1. The minimum atomic E-state index is -0.410. The number of aryl methyl sites for hydroxylation is 1. The molecule has 0 bridgehead atoms. The van der Waals surface area contributed by atoms with Gasteiger partial charge in [0.2, 0.25) is 5.91 Å². The summed E-state index contributed by atoms with van der Waals surface area (Å²) in [6.45, 7) is 8.81. The van der Waals surface area contributed by atoms with Crippen molar-refractivity contribution in [2.24, 2.45) is 17.6 Å². The van der Waals surface area contributed by atoms with Crippen LogP contribution in [0.4, 0.5) is 5.69 Å². The van der Waals surface area contributed by atoms with Gasteiger partial charge in [0.05, 0.1) is 6.04 Å². The molecule has 1 aromatic rings. The van der Waals surface area contributed by atoms with Gasteiger partial charge in [-0.3, -0.25) is 4.79 Å². The Labute approximate surface area is 144 Å². The molecule has 3 N–H and O–H groups in total. The molecule has 1 heterocycles. The van der Waals surface area contributed by atoms with Crippen molar-refractivity contribution in [1.29, 1.82) is 0 Å². The van der Waals surface area contributed by atoms with E-state index < -0.39 is 6.04 Å². The molecule has 1 fully saturated rings. The first kappa shape index (κ1) is 18.1. The first-order valence-electron chi connectivity index (χ1n) is 8.46. The van der Waals surface area contributed by atoms with Gasteiger partial charge < -0.3 is 16.0 Å². The maximum atomic E-state index is 12.1. The normalized spacial score (nSPS) is 20.4. The summed E-state index contributed by atoms with van der Waals surface area (Å²) in [4.78, 5) is 14.4. The van der Waals surface area contributed by atoms with Crippen LogP contribution in [0.1, 0.15) is 32.3 Å². The summed E-state index contributed by atoms with van der Waals surface area (Å²) in [6, 6.07) is 5.59. The van der Waals surface area contributed by atoms with E-state index in [1.54, 1.807) is 0 Å². The number of hydrogen-bond acceptors (Lipinski definition) is 3. The van der Waals surface area contributed by atoms with Gasteiger partial charge in [-0.05, 0) is 42.9 Å². The molecule has 1 aromatic carbocycles. The molecule has 4 nitrogen and oxygen atoms in total. The van der Waals surface area contributed by atoms with Crippen molar-refractivity contribution in [3.8, 4) is 0 Å².